The van der Waals surface area contributed by atoms with E-state index in [0.29, 0.717) is 31.8 Å². The summed E-state index contributed by atoms with van der Waals surface area (Å²) in [5.74, 6) is -0.718. The van der Waals surface area contributed by atoms with Gasteiger partial charge in [0.2, 0.25) is 5.91 Å². The van der Waals surface area contributed by atoms with E-state index in [2.05, 4.69) is 16.2 Å². The second-order valence-corrected chi connectivity index (χ2v) is 6.70. The molecule has 0 radical (unpaired) electrons. The average Bonchev–Trinajstić information content (AvgIpc) is 3.14. The number of nitrogens with one attached hydrogen (secondary N) is 3. The first kappa shape index (κ1) is 19.3. The molecular formula is C18H23N3O6. The molecule has 2 heterocycles. The molecule has 0 aromatic heterocycles. The lowest BCUT2D eigenvalue weighted by Crippen LogP contribution is -2.55. The fourth-order valence-corrected chi connectivity index (χ4v) is 3.12. The Morgan fingerprint density at radius 2 is 1.89 bits per heavy atom. The number of hydrogen-bond donors (Lipinski definition) is 4. The number of ether oxygens (including phenoxy) is 2. The number of carboxylic acid groups (broad SMARTS) is 1. The minimum absolute atomic E-state index is 0.0186. The van der Waals surface area contributed by atoms with Crippen LogP contribution in [0.4, 0.5) is 0 Å². The molecule has 3 rings (SSSR count). The molecule has 2 aliphatic heterocycles. The number of carbonyl (C=O) groups excluding carboxylic acids is 2. The topological polar surface area (TPSA) is 126 Å². The summed E-state index contributed by atoms with van der Waals surface area (Å²) in [4.78, 5) is 34.9. The quantitative estimate of drug-likeness (QED) is 0.540. The molecule has 2 fully saturated rings. The predicted octanol–water partition coefficient (Wildman–Crippen LogP) is -0.139. The monoisotopic (exact) mass is 377 g/mol. The number of hydrazine groups is 1. The van der Waals surface area contributed by atoms with E-state index < -0.39 is 18.1 Å². The van der Waals surface area contributed by atoms with Crippen molar-refractivity contribution in [2.24, 2.45) is 0 Å². The van der Waals surface area contributed by atoms with Crippen molar-refractivity contribution in [2.45, 2.75) is 44.0 Å². The van der Waals surface area contributed by atoms with Crippen molar-refractivity contribution < 1.29 is 29.0 Å². The van der Waals surface area contributed by atoms with Crippen LogP contribution in [0, 0.1) is 0 Å². The fourth-order valence-electron chi connectivity index (χ4n) is 3.12. The lowest BCUT2D eigenvalue weighted by molar-refractivity contribution is -0.125. The maximum Gasteiger partial charge on any atom is 0.335 e. The van der Waals surface area contributed by atoms with E-state index in [4.69, 9.17) is 14.6 Å². The van der Waals surface area contributed by atoms with Crippen LogP contribution in [0.25, 0.3) is 0 Å². The van der Waals surface area contributed by atoms with Gasteiger partial charge in [0.05, 0.1) is 24.3 Å². The van der Waals surface area contributed by atoms with E-state index in [1.807, 2.05) is 0 Å². The Balaban J connectivity index is 1.59. The van der Waals surface area contributed by atoms with E-state index in [1.54, 1.807) is 12.1 Å². The normalized spacial score (nSPS) is 27.7. The van der Waals surface area contributed by atoms with Gasteiger partial charge in [0.1, 0.15) is 23.7 Å². The molecular weight excluding hydrogens is 354 g/mol. The van der Waals surface area contributed by atoms with Gasteiger partial charge in [-0.15, -0.1) is 0 Å². The minimum atomic E-state index is -1.01. The summed E-state index contributed by atoms with van der Waals surface area (Å²) in [7, 11) is 0. The van der Waals surface area contributed by atoms with Crippen LogP contribution in [0.1, 0.15) is 30.1 Å². The number of ketones is 1. The molecule has 0 spiro atoms. The third kappa shape index (κ3) is 4.82. The van der Waals surface area contributed by atoms with Crippen molar-refractivity contribution in [1.82, 2.24) is 16.2 Å². The van der Waals surface area contributed by atoms with Crippen LogP contribution < -0.4 is 20.9 Å². The van der Waals surface area contributed by atoms with Gasteiger partial charge in [-0.2, -0.15) is 0 Å². The van der Waals surface area contributed by atoms with Crippen molar-refractivity contribution in [1.29, 1.82) is 0 Å². The van der Waals surface area contributed by atoms with Crippen LogP contribution in [0.2, 0.25) is 0 Å². The number of carboxylic acids is 1. The number of hydrogen-bond acceptors (Lipinski definition) is 7. The SMILES string of the molecule is CC(=O)C1CC(C(=O)N[C@@H]2CCOC[C@H]2Oc2ccc(C(=O)O)cc2)NN1. The van der Waals surface area contributed by atoms with Crippen molar-refractivity contribution in [2.75, 3.05) is 13.2 Å². The first-order valence-electron chi connectivity index (χ1n) is 8.83. The number of Topliss-reactive ketones (excluding diaryl/α,β-unsaturated/α-hetero) is 1. The van der Waals surface area contributed by atoms with Crippen molar-refractivity contribution >= 4 is 17.7 Å². The lowest BCUT2D eigenvalue weighted by atomic mass is 10.0. The molecule has 1 aromatic carbocycles. The highest BCUT2D eigenvalue weighted by Crippen LogP contribution is 2.19. The smallest absolute Gasteiger partial charge is 0.335 e. The van der Waals surface area contributed by atoms with Crippen LogP contribution in [-0.4, -0.2) is 60.2 Å². The van der Waals surface area contributed by atoms with E-state index in [9.17, 15) is 14.4 Å². The Labute approximate surface area is 156 Å². The molecule has 1 aromatic rings. The molecule has 2 saturated heterocycles. The van der Waals surface area contributed by atoms with Crippen LogP contribution in [0.3, 0.4) is 0 Å². The Morgan fingerprint density at radius 3 is 2.52 bits per heavy atom. The molecule has 27 heavy (non-hydrogen) atoms. The van der Waals surface area contributed by atoms with Gasteiger partial charge in [-0.05, 0) is 44.0 Å². The maximum atomic E-state index is 12.5. The summed E-state index contributed by atoms with van der Waals surface area (Å²) in [6, 6.07) is 4.99. The minimum Gasteiger partial charge on any atom is -0.486 e. The first-order chi connectivity index (χ1) is 12.9. The second kappa shape index (κ2) is 8.47. The van der Waals surface area contributed by atoms with Crippen LogP contribution in [0.5, 0.6) is 5.75 Å². The Morgan fingerprint density at radius 1 is 1.19 bits per heavy atom. The summed E-state index contributed by atoms with van der Waals surface area (Å²) in [6.45, 7) is 2.31. The van der Waals surface area contributed by atoms with E-state index in [0.717, 1.165) is 0 Å². The highest BCUT2D eigenvalue weighted by molar-refractivity contribution is 5.88. The number of rotatable bonds is 6. The predicted molar refractivity (Wildman–Crippen MR) is 94.3 cm³/mol. The van der Waals surface area contributed by atoms with Gasteiger partial charge in [0.15, 0.2) is 0 Å². The zero-order valence-corrected chi connectivity index (χ0v) is 14.9. The molecule has 2 aliphatic rings. The number of benzene rings is 1. The molecule has 4 atom stereocenters. The Hall–Kier alpha value is -2.49. The summed E-state index contributed by atoms with van der Waals surface area (Å²) in [6.07, 6.45) is 0.600. The molecule has 0 saturated carbocycles. The zero-order valence-electron chi connectivity index (χ0n) is 14.9. The van der Waals surface area contributed by atoms with Crippen LogP contribution >= 0.6 is 0 Å². The highest BCUT2D eigenvalue weighted by Gasteiger charge is 2.35. The molecule has 0 bridgehead atoms. The largest absolute Gasteiger partial charge is 0.486 e. The summed E-state index contributed by atoms with van der Waals surface area (Å²) in [5, 5.41) is 11.9. The van der Waals surface area contributed by atoms with Gasteiger partial charge in [-0.1, -0.05) is 0 Å². The van der Waals surface area contributed by atoms with Gasteiger partial charge >= 0.3 is 5.97 Å². The summed E-state index contributed by atoms with van der Waals surface area (Å²) in [5.41, 5.74) is 5.85. The first-order valence-corrected chi connectivity index (χ1v) is 8.83. The van der Waals surface area contributed by atoms with Gasteiger partial charge in [0, 0.05) is 6.61 Å². The average molecular weight is 377 g/mol. The second-order valence-electron chi connectivity index (χ2n) is 6.70. The zero-order chi connectivity index (χ0) is 19.4. The third-order valence-electron chi connectivity index (χ3n) is 4.73. The molecule has 4 N–H and O–H groups in total. The van der Waals surface area contributed by atoms with Crippen molar-refractivity contribution in [3.05, 3.63) is 29.8 Å². The summed E-state index contributed by atoms with van der Waals surface area (Å²) >= 11 is 0. The molecule has 9 nitrogen and oxygen atoms in total. The van der Waals surface area contributed by atoms with Gasteiger partial charge < -0.3 is 19.9 Å². The van der Waals surface area contributed by atoms with Gasteiger partial charge in [-0.25, -0.2) is 15.6 Å². The van der Waals surface area contributed by atoms with E-state index in [1.165, 1.54) is 19.1 Å². The van der Waals surface area contributed by atoms with Gasteiger partial charge in [-0.3, -0.25) is 9.59 Å². The standard InChI is InChI=1S/C18H23N3O6/c1-10(22)14-8-15(21-20-14)17(23)19-13-6-7-26-9-16(13)27-12-4-2-11(3-5-12)18(24)25/h2-5,13-16,20-21H,6-9H2,1H3,(H,19,23)(H,24,25)/t13-,14?,15?,16-/m1/s1. The summed E-state index contributed by atoms with van der Waals surface area (Å²) < 4.78 is 11.4. The number of amides is 1. The molecule has 146 valence electrons. The van der Waals surface area contributed by atoms with Gasteiger partial charge in [0.25, 0.3) is 0 Å². The molecule has 0 aliphatic carbocycles. The molecule has 1 amide bonds. The van der Waals surface area contributed by atoms with Crippen molar-refractivity contribution in [3.63, 3.8) is 0 Å². The molecule has 2 unspecified atom stereocenters. The fraction of sp³-hybridized carbons (Fsp3) is 0.500. The van der Waals surface area contributed by atoms with Crippen LogP contribution in [-0.2, 0) is 14.3 Å². The number of carbonyl (C=O) groups is 3. The highest BCUT2D eigenvalue weighted by atomic mass is 16.5. The number of aromatic carboxylic acids is 1. The molecule has 9 heteroatoms. The Kier molecular flexibility index (Phi) is 6.04. The maximum absolute atomic E-state index is 12.5. The Bertz CT molecular complexity index is 708. The third-order valence-corrected chi connectivity index (χ3v) is 4.73. The lowest BCUT2D eigenvalue weighted by Gasteiger charge is -2.33. The van der Waals surface area contributed by atoms with E-state index >= 15 is 0 Å². The van der Waals surface area contributed by atoms with Crippen molar-refractivity contribution in [3.8, 4) is 5.75 Å². The van der Waals surface area contributed by atoms with Crippen LogP contribution in [0.15, 0.2) is 24.3 Å². The van der Waals surface area contributed by atoms with E-state index in [-0.39, 0.29) is 29.3 Å².